The fourth-order valence-corrected chi connectivity index (χ4v) is 9.57. The lowest BCUT2D eigenvalue weighted by Gasteiger charge is -2.33. The molecule has 0 unspecified atom stereocenters. The van der Waals surface area contributed by atoms with Crippen molar-refractivity contribution in [2.24, 2.45) is 0 Å². The van der Waals surface area contributed by atoms with E-state index in [-0.39, 0.29) is 0 Å². The van der Waals surface area contributed by atoms with E-state index in [2.05, 4.69) is 204 Å². The summed E-state index contributed by atoms with van der Waals surface area (Å²) in [4.78, 5) is 7.26. The second kappa shape index (κ2) is 12.9. The molecule has 0 spiro atoms. The number of anilines is 6. The predicted octanol–water partition coefficient (Wildman–Crippen LogP) is 14.8. The van der Waals surface area contributed by atoms with E-state index in [1.54, 1.807) is 0 Å². The third kappa shape index (κ3) is 5.45. The van der Waals surface area contributed by atoms with Gasteiger partial charge in [0.15, 0.2) is 0 Å². The summed E-state index contributed by atoms with van der Waals surface area (Å²) in [6.07, 6.45) is 0. The largest absolute Gasteiger partial charge is 0.310 e. The summed E-state index contributed by atoms with van der Waals surface area (Å²) < 4.78 is 2.61. The molecule has 0 N–H and O–H groups in total. The van der Waals surface area contributed by atoms with Crippen molar-refractivity contribution in [3.05, 3.63) is 194 Å². The molecule has 0 fully saturated rings. The highest BCUT2D eigenvalue weighted by atomic mass is 32.2. The van der Waals surface area contributed by atoms with Crippen LogP contribution in [0.4, 0.5) is 34.1 Å². The van der Waals surface area contributed by atoms with E-state index in [4.69, 9.17) is 0 Å². The Bertz CT molecular complexity index is 2700. The van der Waals surface area contributed by atoms with Gasteiger partial charge < -0.3 is 9.80 Å². The van der Waals surface area contributed by atoms with Gasteiger partial charge in [-0.15, -0.1) is 11.3 Å². The van der Waals surface area contributed by atoms with Crippen LogP contribution in [0.3, 0.4) is 0 Å². The van der Waals surface area contributed by atoms with Crippen molar-refractivity contribution in [3.63, 3.8) is 0 Å². The molecule has 1 aliphatic heterocycles. The molecule has 1 aliphatic rings. The monoisotopic (exact) mass is 700 g/mol. The average molecular weight is 701 g/mol. The number of rotatable bonds is 6. The summed E-state index contributed by atoms with van der Waals surface area (Å²) in [5.74, 6) is 0. The first-order valence-corrected chi connectivity index (χ1v) is 19.1. The van der Waals surface area contributed by atoms with Crippen molar-refractivity contribution >= 4 is 77.4 Å². The fraction of sp³-hybridized carbons (Fsp3) is 0. The number of thiophene rings is 1. The Balaban J connectivity index is 1.03. The molecule has 2 nitrogen and oxygen atoms in total. The molecule has 1 aromatic heterocycles. The molecule has 0 aliphatic carbocycles. The van der Waals surface area contributed by atoms with Gasteiger partial charge in [-0.1, -0.05) is 127 Å². The van der Waals surface area contributed by atoms with Crippen molar-refractivity contribution in [2.75, 3.05) is 9.80 Å². The van der Waals surface area contributed by atoms with Crippen LogP contribution in [0.15, 0.2) is 204 Å². The molecule has 9 aromatic rings. The highest BCUT2D eigenvalue weighted by Gasteiger charge is 2.25. The first-order chi connectivity index (χ1) is 25.8. The summed E-state index contributed by atoms with van der Waals surface area (Å²) in [7, 11) is 0. The predicted molar refractivity (Wildman–Crippen MR) is 224 cm³/mol. The van der Waals surface area contributed by atoms with Crippen LogP contribution < -0.4 is 9.80 Å². The molecule has 4 heteroatoms. The summed E-state index contributed by atoms with van der Waals surface area (Å²) in [5.41, 5.74) is 11.8. The number of hydrogen-bond acceptors (Lipinski definition) is 4. The van der Waals surface area contributed by atoms with Crippen LogP contribution in [0.1, 0.15) is 0 Å². The molecular formula is C48H32N2S2. The summed E-state index contributed by atoms with van der Waals surface area (Å²) >= 11 is 3.70. The Kier molecular flexibility index (Phi) is 7.63. The lowest BCUT2D eigenvalue weighted by Crippen LogP contribution is -2.14. The van der Waals surface area contributed by atoms with E-state index in [0.717, 1.165) is 17.1 Å². The van der Waals surface area contributed by atoms with E-state index < -0.39 is 0 Å². The van der Waals surface area contributed by atoms with E-state index in [0.29, 0.717) is 0 Å². The Hall–Kier alpha value is -6.07. The molecule has 246 valence electrons. The van der Waals surface area contributed by atoms with E-state index in [1.165, 1.54) is 69.3 Å². The normalized spacial score (nSPS) is 12.1. The third-order valence-corrected chi connectivity index (χ3v) is 12.1. The molecular weight excluding hydrogens is 669 g/mol. The van der Waals surface area contributed by atoms with Crippen molar-refractivity contribution in [1.29, 1.82) is 0 Å². The van der Waals surface area contributed by atoms with Gasteiger partial charge in [0.25, 0.3) is 0 Å². The molecule has 10 rings (SSSR count). The minimum absolute atomic E-state index is 1.12. The molecule has 52 heavy (non-hydrogen) atoms. The highest BCUT2D eigenvalue weighted by molar-refractivity contribution is 7.99. The van der Waals surface area contributed by atoms with E-state index in [1.807, 2.05) is 23.1 Å². The van der Waals surface area contributed by atoms with E-state index in [9.17, 15) is 0 Å². The lowest BCUT2D eigenvalue weighted by atomic mass is 10.0. The van der Waals surface area contributed by atoms with Crippen LogP contribution in [0.2, 0.25) is 0 Å². The van der Waals surface area contributed by atoms with Gasteiger partial charge in [-0.05, 0) is 101 Å². The summed E-state index contributed by atoms with van der Waals surface area (Å²) in [5, 5.41) is 2.62. The van der Waals surface area contributed by atoms with Crippen LogP contribution >= 0.6 is 23.1 Å². The summed E-state index contributed by atoms with van der Waals surface area (Å²) in [6, 6.07) is 70.3. The fourth-order valence-electron chi connectivity index (χ4n) is 7.33. The van der Waals surface area contributed by atoms with Gasteiger partial charge in [0.05, 0.1) is 11.4 Å². The quantitative estimate of drug-likeness (QED) is 0.170. The van der Waals surface area contributed by atoms with Crippen molar-refractivity contribution < 1.29 is 0 Å². The third-order valence-electron chi connectivity index (χ3n) is 9.85. The molecule has 0 amide bonds. The number of hydrogen-bond donors (Lipinski definition) is 0. The minimum Gasteiger partial charge on any atom is -0.310 e. The van der Waals surface area contributed by atoms with Gasteiger partial charge >= 0.3 is 0 Å². The zero-order valence-corrected chi connectivity index (χ0v) is 29.8. The van der Waals surface area contributed by atoms with Crippen molar-refractivity contribution in [3.8, 4) is 22.3 Å². The molecule has 0 radical (unpaired) electrons. The SMILES string of the molecule is c1ccc(-c2ccc(N(c3ccc(-c4ccc5c(c4)Sc4ccccc4N5c4ccccc4)cc3)c3ccc4c(c3)sc3ccccc34)cc2)cc1. The van der Waals surface area contributed by atoms with Gasteiger partial charge in [-0.25, -0.2) is 0 Å². The molecule has 8 aromatic carbocycles. The zero-order chi connectivity index (χ0) is 34.4. The summed E-state index contributed by atoms with van der Waals surface area (Å²) in [6.45, 7) is 0. The van der Waals surface area contributed by atoms with Gasteiger partial charge in [-0.3, -0.25) is 0 Å². The maximum Gasteiger partial charge on any atom is 0.0602 e. The van der Waals surface area contributed by atoms with Crippen LogP contribution in [0.25, 0.3) is 42.4 Å². The number of fused-ring (bicyclic) bond motifs is 5. The number of para-hydroxylation sites is 2. The second-order valence-electron chi connectivity index (χ2n) is 13.0. The molecule has 0 saturated carbocycles. The smallest absolute Gasteiger partial charge is 0.0602 e. The Labute approximate surface area is 311 Å². The first-order valence-electron chi connectivity index (χ1n) is 17.5. The van der Waals surface area contributed by atoms with Crippen LogP contribution in [-0.2, 0) is 0 Å². The van der Waals surface area contributed by atoms with Crippen molar-refractivity contribution in [1.82, 2.24) is 0 Å². The Morgan fingerprint density at radius 3 is 1.69 bits per heavy atom. The molecule has 2 heterocycles. The van der Waals surface area contributed by atoms with Gasteiger partial charge in [-0.2, -0.15) is 0 Å². The maximum atomic E-state index is 2.38. The van der Waals surface area contributed by atoms with E-state index >= 15 is 0 Å². The van der Waals surface area contributed by atoms with Crippen molar-refractivity contribution in [2.45, 2.75) is 9.79 Å². The van der Waals surface area contributed by atoms with Gasteiger partial charge in [0.2, 0.25) is 0 Å². The van der Waals surface area contributed by atoms with Crippen LogP contribution in [0, 0.1) is 0 Å². The minimum atomic E-state index is 1.12. The maximum absolute atomic E-state index is 2.38. The zero-order valence-electron chi connectivity index (χ0n) is 28.2. The van der Waals surface area contributed by atoms with Crippen LogP contribution in [0.5, 0.6) is 0 Å². The lowest BCUT2D eigenvalue weighted by molar-refractivity contribution is 1.17. The van der Waals surface area contributed by atoms with Gasteiger partial charge in [0, 0.05) is 52.7 Å². The van der Waals surface area contributed by atoms with Gasteiger partial charge in [0.1, 0.15) is 0 Å². The average Bonchev–Trinajstić information content (AvgIpc) is 3.59. The molecule has 0 bridgehead atoms. The Morgan fingerprint density at radius 1 is 0.365 bits per heavy atom. The standard InChI is InChI=1S/C48H32N2S2/c1-3-11-33(12-4-1)34-19-24-38(25-20-34)49(40-28-29-42-41-15-7-9-17-45(41)51-47(42)32-40)39-26-21-35(22-27-39)36-23-30-44-48(31-36)52-46-18-10-8-16-43(46)50(44)37-13-5-2-6-14-37/h1-32H. The number of benzene rings is 8. The molecule has 0 atom stereocenters. The Morgan fingerprint density at radius 2 is 0.923 bits per heavy atom. The second-order valence-corrected chi connectivity index (χ2v) is 15.2. The van der Waals surface area contributed by atoms with Crippen LogP contribution in [-0.4, -0.2) is 0 Å². The number of nitrogens with zero attached hydrogens (tertiary/aromatic N) is 2. The molecule has 0 saturated heterocycles. The first kappa shape index (κ1) is 30.7. The topological polar surface area (TPSA) is 6.48 Å². The highest BCUT2D eigenvalue weighted by Crippen LogP contribution is 2.52.